The Bertz CT molecular complexity index is 549. The maximum Gasteiger partial charge on any atom is 0.278 e. The van der Waals surface area contributed by atoms with Gasteiger partial charge in [-0.2, -0.15) is 5.10 Å². The molecule has 120 valence electrons. The van der Waals surface area contributed by atoms with Gasteiger partial charge in [0.25, 0.3) is 5.69 Å². The third-order valence-corrected chi connectivity index (χ3v) is 3.01. The molecule has 0 aromatic heterocycles. The number of nitro groups is 1. The highest BCUT2D eigenvalue weighted by Gasteiger charge is 2.14. The first-order valence-electron chi connectivity index (χ1n) is 6.96. The van der Waals surface area contributed by atoms with Crippen molar-refractivity contribution in [2.75, 3.05) is 19.8 Å². The van der Waals surface area contributed by atoms with Gasteiger partial charge in [0.15, 0.2) is 5.11 Å². The molecule has 0 spiro atoms. The Kier molecular flexibility index (Phi) is 8.01. The average Bonchev–Trinajstić information content (AvgIpc) is 2.52. The number of benzene rings is 1. The molecule has 0 atom stereocenters. The Balaban J connectivity index is 2.52. The minimum atomic E-state index is -0.432. The number of nitro benzene ring substituents is 1. The number of nitrogens with zero attached hydrogens (tertiary/aromatic N) is 2. The van der Waals surface area contributed by atoms with Gasteiger partial charge < -0.3 is 10.1 Å². The molecule has 1 aromatic carbocycles. The topological polar surface area (TPSA) is 88.8 Å². The van der Waals surface area contributed by atoms with Crippen molar-refractivity contribution in [2.45, 2.75) is 20.3 Å². The van der Waals surface area contributed by atoms with E-state index in [1.54, 1.807) is 25.1 Å². The molecule has 0 radical (unpaired) electrons. The number of para-hydroxylation sites is 1. The standard InChI is InChI=1S/C14H20N4O3S/c1-3-21-10-6-9-15-14(22)17-16-11(2)12-7-4-5-8-13(12)18(19)20/h4-5,7-8H,3,6,9-10H2,1-2H3,(H2,15,17,22)/b16-11-. The molecule has 8 heteroatoms. The van der Waals surface area contributed by atoms with E-state index in [1.165, 1.54) is 6.07 Å². The van der Waals surface area contributed by atoms with Gasteiger partial charge in [-0.3, -0.25) is 15.5 Å². The van der Waals surface area contributed by atoms with Crippen LogP contribution in [0, 0.1) is 10.1 Å². The SMILES string of the molecule is CCOCCCNC(=S)N/N=C(/C)c1ccccc1[N+](=O)[O-]. The summed E-state index contributed by atoms with van der Waals surface area (Å²) in [7, 11) is 0. The van der Waals surface area contributed by atoms with E-state index in [2.05, 4.69) is 15.8 Å². The molecule has 0 saturated carbocycles. The van der Waals surface area contributed by atoms with Crippen LogP contribution >= 0.6 is 12.2 Å². The van der Waals surface area contributed by atoms with Gasteiger partial charge in [0.1, 0.15) is 0 Å². The van der Waals surface area contributed by atoms with Crippen molar-refractivity contribution in [3.8, 4) is 0 Å². The summed E-state index contributed by atoms with van der Waals surface area (Å²) < 4.78 is 5.21. The molecular weight excluding hydrogens is 304 g/mol. The first kappa shape index (κ1) is 18.0. The lowest BCUT2D eigenvalue weighted by atomic mass is 10.1. The van der Waals surface area contributed by atoms with Crippen LogP contribution in [0.3, 0.4) is 0 Å². The molecule has 0 aliphatic rings. The highest BCUT2D eigenvalue weighted by atomic mass is 32.1. The van der Waals surface area contributed by atoms with Crippen LogP contribution in [0.25, 0.3) is 0 Å². The predicted octanol–water partition coefficient (Wildman–Crippen LogP) is 2.21. The Hall–Kier alpha value is -2.06. The number of hydrogen-bond acceptors (Lipinski definition) is 5. The fourth-order valence-corrected chi connectivity index (χ4v) is 1.84. The van der Waals surface area contributed by atoms with Gasteiger partial charge in [-0.25, -0.2) is 0 Å². The molecule has 0 saturated heterocycles. The molecule has 0 amide bonds. The summed E-state index contributed by atoms with van der Waals surface area (Å²) in [6.45, 7) is 5.67. The lowest BCUT2D eigenvalue weighted by molar-refractivity contribution is -0.385. The van der Waals surface area contributed by atoms with E-state index in [-0.39, 0.29) is 5.69 Å². The zero-order chi connectivity index (χ0) is 16.4. The monoisotopic (exact) mass is 324 g/mol. The van der Waals surface area contributed by atoms with Gasteiger partial charge in [-0.15, -0.1) is 0 Å². The molecule has 0 aliphatic heterocycles. The summed E-state index contributed by atoms with van der Waals surface area (Å²) in [5, 5.41) is 18.4. The molecule has 1 aromatic rings. The number of thiocarbonyl (C=S) groups is 1. The van der Waals surface area contributed by atoms with Gasteiger partial charge in [0, 0.05) is 25.8 Å². The van der Waals surface area contributed by atoms with Crippen LogP contribution < -0.4 is 10.7 Å². The molecule has 0 bridgehead atoms. The van der Waals surface area contributed by atoms with Crippen LogP contribution in [0.1, 0.15) is 25.8 Å². The number of hydrazone groups is 1. The number of hydrogen-bond donors (Lipinski definition) is 2. The fraction of sp³-hybridized carbons (Fsp3) is 0.429. The molecule has 2 N–H and O–H groups in total. The van der Waals surface area contributed by atoms with E-state index in [0.717, 1.165) is 6.42 Å². The second-order valence-electron chi connectivity index (χ2n) is 4.39. The molecule has 22 heavy (non-hydrogen) atoms. The van der Waals surface area contributed by atoms with Gasteiger partial charge in [-0.1, -0.05) is 12.1 Å². The minimum Gasteiger partial charge on any atom is -0.382 e. The summed E-state index contributed by atoms with van der Waals surface area (Å²) in [5.74, 6) is 0. The Morgan fingerprint density at radius 1 is 1.45 bits per heavy atom. The summed E-state index contributed by atoms with van der Waals surface area (Å²) in [6.07, 6.45) is 0.836. The molecule has 7 nitrogen and oxygen atoms in total. The van der Waals surface area contributed by atoms with Crippen molar-refractivity contribution in [3.63, 3.8) is 0 Å². The number of nitrogens with one attached hydrogen (secondary N) is 2. The van der Waals surface area contributed by atoms with Crippen molar-refractivity contribution in [1.82, 2.24) is 10.7 Å². The summed E-state index contributed by atoms with van der Waals surface area (Å²) >= 11 is 5.08. The third kappa shape index (κ3) is 6.15. The Morgan fingerprint density at radius 2 is 2.18 bits per heavy atom. The highest BCUT2D eigenvalue weighted by Crippen LogP contribution is 2.18. The molecular formula is C14H20N4O3S. The lowest BCUT2D eigenvalue weighted by Gasteiger charge is -2.08. The van der Waals surface area contributed by atoms with Gasteiger partial charge in [0.05, 0.1) is 16.2 Å². The van der Waals surface area contributed by atoms with Crippen LogP contribution in [0.5, 0.6) is 0 Å². The van der Waals surface area contributed by atoms with Crippen LogP contribution in [-0.2, 0) is 4.74 Å². The first-order valence-corrected chi connectivity index (χ1v) is 7.36. The molecule has 0 aliphatic carbocycles. The normalized spacial score (nSPS) is 11.1. The molecule has 0 heterocycles. The van der Waals surface area contributed by atoms with Crippen LogP contribution in [-0.4, -0.2) is 35.5 Å². The van der Waals surface area contributed by atoms with Crippen LogP contribution in [0.15, 0.2) is 29.4 Å². The van der Waals surface area contributed by atoms with Crippen molar-refractivity contribution in [1.29, 1.82) is 0 Å². The minimum absolute atomic E-state index is 0.0149. The Labute approximate surface area is 134 Å². The second-order valence-corrected chi connectivity index (χ2v) is 4.80. The predicted molar refractivity (Wildman–Crippen MR) is 90.2 cm³/mol. The van der Waals surface area contributed by atoms with E-state index in [1.807, 2.05) is 6.92 Å². The van der Waals surface area contributed by atoms with Crippen molar-refractivity contribution in [2.24, 2.45) is 5.10 Å². The maximum absolute atomic E-state index is 11.0. The van der Waals surface area contributed by atoms with E-state index in [0.29, 0.717) is 36.1 Å². The van der Waals surface area contributed by atoms with E-state index in [4.69, 9.17) is 17.0 Å². The number of ether oxygens (including phenoxy) is 1. The van der Waals surface area contributed by atoms with Crippen LogP contribution in [0.4, 0.5) is 5.69 Å². The van der Waals surface area contributed by atoms with Crippen molar-refractivity contribution < 1.29 is 9.66 Å². The smallest absolute Gasteiger partial charge is 0.278 e. The fourth-order valence-electron chi connectivity index (χ4n) is 1.69. The third-order valence-electron chi connectivity index (χ3n) is 2.77. The van der Waals surface area contributed by atoms with Gasteiger partial charge in [-0.05, 0) is 38.6 Å². The quantitative estimate of drug-likeness (QED) is 0.251. The summed E-state index contributed by atoms with van der Waals surface area (Å²) in [6, 6.07) is 6.44. The van der Waals surface area contributed by atoms with Crippen molar-refractivity contribution in [3.05, 3.63) is 39.9 Å². The summed E-state index contributed by atoms with van der Waals surface area (Å²) in [5.41, 5.74) is 3.65. The van der Waals surface area contributed by atoms with E-state index in [9.17, 15) is 10.1 Å². The molecule has 0 unspecified atom stereocenters. The average molecular weight is 324 g/mol. The van der Waals surface area contributed by atoms with Crippen LogP contribution in [0.2, 0.25) is 0 Å². The van der Waals surface area contributed by atoms with E-state index < -0.39 is 4.92 Å². The largest absolute Gasteiger partial charge is 0.382 e. The second kappa shape index (κ2) is 9.80. The zero-order valence-corrected chi connectivity index (χ0v) is 13.5. The van der Waals surface area contributed by atoms with E-state index >= 15 is 0 Å². The lowest BCUT2D eigenvalue weighted by Crippen LogP contribution is -2.33. The van der Waals surface area contributed by atoms with Gasteiger partial charge >= 0.3 is 0 Å². The first-order chi connectivity index (χ1) is 10.6. The number of rotatable bonds is 8. The van der Waals surface area contributed by atoms with Gasteiger partial charge in [0.2, 0.25) is 0 Å². The highest BCUT2D eigenvalue weighted by molar-refractivity contribution is 7.80. The maximum atomic E-state index is 11.0. The Morgan fingerprint density at radius 3 is 2.86 bits per heavy atom. The zero-order valence-electron chi connectivity index (χ0n) is 12.7. The summed E-state index contributed by atoms with van der Waals surface area (Å²) in [4.78, 5) is 10.5. The molecule has 1 rings (SSSR count). The van der Waals surface area contributed by atoms with Crippen molar-refractivity contribution >= 4 is 28.7 Å². The molecule has 0 fully saturated rings.